The summed E-state index contributed by atoms with van der Waals surface area (Å²) in [6.07, 6.45) is 0. The maximum absolute atomic E-state index is 13.8. The minimum absolute atomic E-state index is 0.0272. The molecule has 0 unspecified atom stereocenters. The van der Waals surface area contributed by atoms with Crippen molar-refractivity contribution in [3.05, 3.63) is 65.7 Å². The second-order valence-electron chi connectivity index (χ2n) is 4.50. The zero-order valence-corrected chi connectivity index (χ0v) is 10.7. The number of halogens is 2. The molecule has 0 saturated heterocycles. The van der Waals surface area contributed by atoms with Crippen LogP contribution < -0.4 is 0 Å². The van der Waals surface area contributed by atoms with Crippen LogP contribution in [0.5, 0.6) is 0 Å². The van der Waals surface area contributed by atoms with Crippen LogP contribution in [-0.2, 0) is 0 Å². The van der Waals surface area contributed by atoms with Gasteiger partial charge in [0.15, 0.2) is 0 Å². The van der Waals surface area contributed by atoms with Crippen molar-refractivity contribution in [1.82, 2.24) is 4.98 Å². The summed E-state index contributed by atoms with van der Waals surface area (Å²) in [7, 11) is 0. The summed E-state index contributed by atoms with van der Waals surface area (Å²) in [5.74, 6) is -2.61. The van der Waals surface area contributed by atoms with Crippen LogP contribution in [0.1, 0.15) is 10.4 Å². The average Bonchev–Trinajstić information content (AvgIpc) is 2.46. The molecule has 0 aliphatic heterocycles. The molecule has 3 nitrogen and oxygen atoms in total. The summed E-state index contributed by atoms with van der Waals surface area (Å²) in [5, 5.41) is 9.75. The maximum atomic E-state index is 13.8. The van der Waals surface area contributed by atoms with Crippen LogP contribution in [0.3, 0.4) is 0 Å². The lowest BCUT2D eigenvalue weighted by Gasteiger charge is -2.08. The van der Waals surface area contributed by atoms with Crippen LogP contribution in [0.15, 0.2) is 48.5 Å². The number of aromatic nitrogens is 1. The van der Waals surface area contributed by atoms with E-state index < -0.39 is 17.6 Å². The molecule has 0 spiro atoms. The van der Waals surface area contributed by atoms with Gasteiger partial charge in [0.05, 0.1) is 16.8 Å². The predicted octanol–water partition coefficient (Wildman–Crippen LogP) is 3.88. The maximum Gasteiger partial charge on any atom is 0.336 e. The Hall–Kier alpha value is -2.82. The third-order valence-electron chi connectivity index (χ3n) is 3.15. The van der Waals surface area contributed by atoms with E-state index in [-0.39, 0.29) is 16.8 Å². The molecule has 0 amide bonds. The highest BCUT2D eigenvalue weighted by Gasteiger charge is 2.15. The minimum Gasteiger partial charge on any atom is -0.478 e. The lowest BCUT2D eigenvalue weighted by Crippen LogP contribution is -2.01. The van der Waals surface area contributed by atoms with Gasteiger partial charge in [-0.25, -0.2) is 18.6 Å². The second-order valence-corrected chi connectivity index (χ2v) is 4.50. The zero-order chi connectivity index (χ0) is 15.0. The first-order valence-electron chi connectivity index (χ1n) is 6.15. The van der Waals surface area contributed by atoms with Gasteiger partial charge in [0.25, 0.3) is 0 Å². The lowest BCUT2D eigenvalue weighted by atomic mass is 10.0. The first-order valence-corrected chi connectivity index (χ1v) is 6.15. The molecule has 3 aromatic rings. The van der Waals surface area contributed by atoms with E-state index in [0.717, 1.165) is 12.1 Å². The van der Waals surface area contributed by atoms with E-state index in [1.165, 1.54) is 12.1 Å². The minimum atomic E-state index is -1.13. The Labute approximate surface area is 118 Å². The molecule has 3 rings (SSSR count). The van der Waals surface area contributed by atoms with Crippen molar-refractivity contribution in [1.29, 1.82) is 0 Å². The van der Waals surface area contributed by atoms with E-state index in [1.807, 2.05) is 0 Å². The highest BCUT2D eigenvalue weighted by atomic mass is 19.1. The Bertz CT molecular complexity index is 862. The number of hydrogen-bond acceptors (Lipinski definition) is 2. The fourth-order valence-corrected chi connectivity index (χ4v) is 2.19. The fourth-order valence-electron chi connectivity index (χ4n) is 2.19. The highest BCUT2D eigenvalue weighted by molar-refractivity contribution is 6.03. The van der Waals surface area contributed by atoms with Gasteiger partial charge < -0.3 is 5.11 Å². The first kappa shape index (κ1) is 13.2. The van der Waals surface area contributed by atoms with Gasteiger partial charge in [0, 0.05) is 17.0 Å². The number of aromatic carboxylic acids is 1. The standard InChI is InChI=1S/C16H9F2NO2/c17-9-5-6-11(13(18)7-9)15-8-12(16(20)21)10-3-1-2-4-14(10)19-15/h1-8H,(H,20,21). The Morgan fingerprint density at radius 1 is 1.05 bits per heavy atom. The van der Waals surface area contributed by atoms with Crippen molar-refractivity contribution in [3.63, 3.8) is 0 Å². The summed E-state index contributed by atoms with van der Waals surface area (Å²) in [4.78, 5) is 15.6. The van der Waals surface area contributed by atoms with Gasteiger partial charge in [-0.05, 0) is 24.3 Å². The number of carbonyl (C=O) groups is 1. The van der Waals surface area contributed by atoms with Crippen LogP contribution in [-0.4, -0.2) is 16.1 Å². The number of carboxylic acids is 1. The molecule has 104 valence electrons. The van der Waals surface area contributed by atoms with Crippen molar-refractivity contribution in [2.75, 3.05) is 0 Å². The monoisotopic (exact) mass is 285 g/mol. The summed E-state index contributed by atoms with van der Waals surface area (Å²) >= 11 is 0. The molecule has 1 N–H and O–H groups in total. The van der Waals surface area contributed by atoms with Crippen molar-refractivity contribution < 1.29 is 18.7 Å². The van der Waals surface area contributed by atoms with Crippen molar-refractivity contribution in [3.8, 4) is 11.3 Å². The number of benzene rings is 2. The summed E-state index contributed by atoms with van der Waals surface area (Å²) in [6, 6.07) is 11.1. The van der Waals surface area contributed by atoms with Crippen molar-refractivity contribution >= 4 is 16.9 Å². The molecule has 2 aromatic carbocycles. The number of fused-ring (bicyclic) bond motifs is 1. The number of pyridine rings is 1. The van der Waals surface area contributed by atoms with Gasteiger partial charge in [-0.1, -0.05) is 18.2 Å². The number of rotatable bonds is 2. The highest BCUT2D eigenvalue weighted by Crippen LogP contribution is 2.27. The quantitative estimate of drug-likeness (QED) is 0.777. The number of nitrogens with zero attached hydrogens (tertiary/aromatic N) is 1. The van der Waals surface area contributed by atoms with E-state index in [2.05, 4.69) is 4.98 Å². The topological polar surface area (TPSA) is 50.2 Å². The average molecular weight is 285 g/mol. The van der Waals surface area contributed by atoms with E-state index in [4.69, 9.17) is 0 Å². The number of hydrogen-bond donors (Lipinski definition) is 1. The third-order valence-corrected chi connectivity index (χ3v) is 3.15. The molecule has 0 aliphatic carbocycles. The van der Waals surface area contributed by atoms with Crippen LogP contribution in [0, 0.1) is 11.6 Å². The molecular formula is C16H9F2NO2. The van der Waals surface area contributed by atoms with Gasteiger partial charge in [0.2, 0.25) is 0 Å². The van der Waals surface area contributed by atoms with E-state index in [9.17, 15) is 18.7 Å². The molecule has 0 bridgehead atoms. The normalized spacial score (nSPS) is 10.8. The molecule has 0 radical (unpaired) electrons. The molecule has 1 aromatic heterocycles. The van der Waals surface area contributed by atoms with Gasteiger partial charge in [-0.3, -0.25) is 0 Å². The van der Waals surface area contributed by atoms with Crippen molar-refractivity contribution in [2.24, 2.45) is 0 Å². The summed E-state index contributed by atoms with van der Waals surface area (Å²) < 4.78 is 26.8. The molecule has 21 heavy (non-hydrogen) atoms. The molecule has 0 atom stereocenters. The second kappa shape index (κ2) is 4.94. The smallest absolute Gasteiger partial charge is 0.336 e. The Kier molecular flexibility index (Phi) is 3.10. The van der Waals surface area contributed by atoms with E-state index in [1.54, 1.807) is 24.3 Å². The van der Waals surface area contributed by atoms with Crippen LogP contribution in [0.4, 0.5) is 8.78 Å². The van der Waals surface area contributed by atoms with Crippen LogP contribution in [0.25, 0.3) is 22.2 Å². The van der Waals surface area contributed by atoms with Crippen LogP contribution in [0.2, 0.25) is 0 Å². The van der Waals surface area contributed by atoms with Gasteiger partial charge in [-0.15, -0.1) is 0 Å². The Morgan fingerprint density at radius 3 is 2.52 bits per heavy atom. The zero-order valence-electron chi connectivity index (χ0n) is 10.7. The van der Waals surface area contributed by atoms with E-state index in [0.29, 0.717) is 10.9 Å². The third kappa shape index (κ3) is 2.33. The van der Waals surface area contributed by atoms with E-state index >= 15 is 0 Å². The SMILES string of the molecule is O=C(O)c1cc(-c2ccc(F)cc2F)nc2ccccc12. The molecule has 5 heteroatoms. The molecular weight excluding hydrogens is 276 g/mol. The molecule has 1 heterocycles. The van der Waals surface area contributed by atoms with Crippen molar-refractivity contribution in [2.45, 2.75) is 0 Å². The number of para-hydroxylation sites is 1. The molecule has 0 saturated carbocycles. The molecule has 0 fully saturated rings. The Balaban J connectivity index is 2.31. The summed E-state index contributed by atoms with van der Waals surface area (Å²) in [5.41, 5.74) is 0.684. The van der Waals surface area contributed by atoms with Crippen LogP contribution >= 0.6 is 0 Å². The summed E-state index contributed by atoms with van der Waals surface area (Å²) in [6.45, 7) is 0. The first-order chi connectivity index (χ1) is 10.1. The predicted molar refractivity (Wildman–Crippen MR) is 74.1 cm³/mol. The fraction of sp³-hybridized carbons (Fsp3) is 0. The lowest BCUT2D eigenvalue weighted by molar-refractivity contribution is 0.0699. The molecule has 0 aliphatic rings. The van der Waals surface area contributed by atoms with Gasteiger partial charge in [0.1, 0.15) is 11.6 Å². The Morgan fingerprint density at radius 2 is 1.81 bits per heavy atom. The van der Waals surface area contributed by atoms with Gasteiger partial charge in [-0.2, -0.15) is 0 Å². The number of carboxylic acid groups (broad SMARTS) is 1. The van der Waals surface area contributed by atoms with Gasteiger partial charge >= 0.3 is 5.97 Å². The largest absolute Gasteiger partial charge is 0.478 e.